The highest BCUT2D eigenvalue weighted by atomic mass is 32.2. The largest absolute Gasteiger partial charge is 0.430 e. The molecule has 0 bridgehead atoms. The van der Waals surface area contributed by atoms with Crippen LogP contribution in [0.4, 0.5) is 32.0 Å². The Morgan fingerprint density at radius 1 is 1.03 bits per heavy atom. The fourth-order valence-electron chi connectivity index (χ4n) is 3.93. The van der Waals surface area contributed by atoms with Crippen LogP contribution in [0.1, 0.15) is 29.7 Å². The first-order valence-electron chi connectivity index (χ1n) is 10.4. The minimum Gasteiger partial charge on any atom is -0.395 e. The summed E-state index contributed by atoms with van der Waals surface area (Å²) in [5, 5.41) is 20.7. The quantitative estimate of drug-likeness (QED) is 0.472. The van der Waals surface area contributed by atoms with E-state index < -0.39 is 63.6 Å². The van der Waals surface area contributed by atoms with Crippen molar-refractivity contribution in [2.75, 3.05) is 17.7 Å². The van der Waals surface area contributed by atoms with E-state index in [0.717, 1.165) is 24.0 Å². The van der Waals surface area contributed by atoms with E-state index in [9.17, 15) is 49.5 Å². The molecule has 0 fully saturated rings. The Labute approximate surface area is 206 Å². The second kappa shape index (κ2) is 9.61. The summed E-state index contributed by atoms with van der Waals surface area (Å²) in [6.07, 6.45) is -12.1. The maximum atomic E-state index is 13.1. The van der Waals surface area contributed by atoms with Crippen molar-refractivity contribution in [1.29, 1.82) is 0 Å². The molecular formula is C22H20F6N2O6S. The van der Waals surface area contributed by atoms with Gasteiger partial charge in [0.1, 0.15) is 6.04 Å². The molecule has 2 aromatic carbocycles. The number of anilines is 1. The van der Waals surface area contributed by atoms with Gasteiger partial charge in [-0.3, -0.25) is 9.59 Å². The van der Waals surface area contributed by atoms with Crippen LogP contribution in [0.2, 0.25) is 0 Å². The molecule has 2 amide bonds. The average Bonchev–Trinajstić information content (AvgIpc) is 3.17. The Morgan fingerprint density at radius 2 is 1.59 bits per heavy atom. The van der Waals surface area contributed by atoms with Gasteiger partial charge in [-0.15, -0.1) is 0 Å². The molecule has 0 saturated heterocycles. The Morgan fingerprint density at radius 3 is 2.08 bits per heavy atom. The number of rotatable bonds is 6. The number of fused-ring (bicyclic) bond motifs is 1. The number of carbonyl (C=O) groups excluding carboxylic acids is 2. The van der Waals surface area contributed by atoms with E-state index in [1.165, 1.54) is 18.2 Å². The molecule has 0 saturated carbocycles. The van der Waals surface area contributed by atoms with Gasteiger partial charge in [-0.2, -0.15) is 26.3 Å². The average molecular weight is 554 g/mol. The van der Waals surface area contributed by atoms with Gasteiger partial charge in [0.2, 0.25) is 5.91 Å². The van der Waals surface area contributed by atoms with Gasteiger partial charge in [0, 0.05) is 24.7 Å². The van der Waals surface area contributed by atoms with Crippen LogP contribution >= 0.6 is 0 Å². The summed E-state index contributed by atoms with van der Waals surface area (Å²) in [7, 11) is -3.83. The van der Waals surface area contributed by atoms with Gasteiger partial charge >= 0.3 is 12.4 Å². The topological polar surface area (TPSA) is 124 Å². The molecule has 1 aliphatic rings. The van der Waals surface area contributed by atoms with Crippen LogP contribution in [0, 0.1) is 0 Å². The van der Waals surface area contributed by atoms with Crippen LogP contribution in [0.15, 0.2) is 47.4 Å². The third kappa shape index (κ3) is 5.15. The van der Waals surface area contributed by atoms with E-state index in [4.69, 9.17) is 5.11 Å². The molecule has 3 rings (SSSR count). The zero-order valence-electron chi connectivity index (χ0n) is 18.9. The number of nitrogens with zero attached hydrogens (tertiary/aromatic N) is 1. The number of benzene rings is 2. The third-order valence-corrected chi connectivity index (χ3v) is 7.52. The number of hydrogen-bond acceptors (Lipinski definition) is 6. The molecule has 0 radical (unpaired) electrons. The van der Waals surface area contributed by atoms with Crippen LogP contribution in [0.25, 0.3) is 0 Å². The molecule has 1 heterocycles. The number of amides is 2. The molecule has 1 unspecified atom stereocenters. The maximum absolute atomic E-state index is 13.1. The highest BCUT2D eigenvalue weighted by molar-refractivity contribution is 7.91. The molecule has 3 N–H and O–H groups in total. The monoisotopic (exact) mass is 554 g/mol. The molecule has 15 heteroatoms. The van der Waals surface area contributed by atoms with E-state index in [0.29, 0.717) is 17.7 Å². The predicted octanol–water partition coefficient (Wildman–Crippen LogP) is 2.81. The Bertz CT molecular complexity index is 1290. The summed E-state index contributed by atoms with van der Waals surface area (Å²) in [6.45, 7) is 0.389. The molecule has 202 valence electrons. The normalized spacial score (nSPS) is 16.5. The molecule has 8 nitrogen and oxygen atoms in total. The second-order valence-electron chi connectivity index (χ2n) is 8.23. The zero-order valence-corrected chi connectivity index (χ0v) is 19.7. The summed E-state index contributed by atoms with van der Waals surface area (Å²) in [6, 6.07) is 4.67. The standard InChI is InChI=1S/C22H20F6N2O6S/c1-12(32)30-11-13-10-16(37(35,36)9-8-31)6-7-17(13)18(30)19(33)29-15-4-2-14(3-5-15)20(34,21(23,24)25)22(26,27)28/h2-7,10,18,31,34H,8-9,11H2,1H3,(H,29,33). The van der Waals surface area contributed by atoms with Crippen molar-refractivity contribution in [2.45, 2.75) is 42.4 Å². The van der Waals surface area contributed by atoms with Crippen molar-refractivity contribution in [3.63, 3.8) is 0 Å². The highest BCUT2D eigenvalue weighted by Crippen LogP contribution is 2.50. The minimum atomic E-state index is -6.07. The molecule has 1 atom stereocenters. The smallest absolute Gasteiger partial charge is 0.395 e. The fourth-order valence-corrected chi connectivity index (χ4v) is 5.00. The number of carbonyl (C=O) groups is 2. The fraction of sp³-hybridized carbons (Fsp3) is 0.364. The van der Waals surface area contributed by atoms with Crippen molar-refractivity contribution in [2.24, 2.45) is 0 Å². The Kier molecular flexibility index (Phi) is 7.38. The number of aliphatic hydroxyl groups excluding tert-OH is 1. The number of nitrogens with one attached hydrogen (secondary N) is 1. The Balaban J connectivity index is 1.91. The van der Waals surface area contributed by atoms with Gasteiger partial charge in [-0.1, -0.05) is 18.2 Å². The first-order valence-corrected chi connectivity index (χ1v) is 12.1. The van der Waals surface area contributed by atoms with Crippen LogP contribution in [0.5, 0.6) is 0 Å². The van der Waals surface area contributed by atoms with Gasteiger partial charge in [0.05, 0.1) is 17.3 Å². The van der Waals surface area contributed by atoms with Gasteiger partial charge < -0.3 is 20.4 Å². The lowest BCUT2D eigenvalue weighted by atomic mass is 9.92. The highest BCUT2D eigenvalue weighted by Gasteiger charge is 2.71. The molecule has 2 aromatic rings. The number of hydrogen-bond donors (Lipinski definition) is 3. The first-order chi connectivity index (χ1) is 16.9. The van der Waals surface area contributed by atoms with Gasteiger partial charge in [-0.05, 0) is 35.4 Å². The van der Waals surface area contributed by atoms with Crippen molar-refractivity contribution in [1.82, 2.24) is 4.90 Å². The third-order valence-electron chi connectivity index (χ3n) is 5.82. The molecule has 0 spiro atoms. The van der Waals surface area contributed by atoms with Gasteiger partial charge in [0.25, 0.3) is 11.5 Å². The lowest BCUT2D eigenvalue weighted by Gasteiger charge is -2.32. The van der Waals surface area contributed by atoms with E-state index >= 15 is 0 Å². The van der Waals surface area contributed by atoms with Crippen LogP contribution < -0.4 is 5.32 Å². The van der Waals surface area contributed by atoms with Crippen LogP contribution in [-0.2, 0) is 31.6 Å². The minimum absolute atomic E-state index is 0.137. The summed E-state index contributed by atoms with van der Waals surface area (Å²) < 4.78 is 103. The molecule has 1 aliphatic heterocycles. The van der Waals surface area contributed by atoms with Crippen molar-refractivity contribution < 1.29 is 54.6 Å². The zero-order chi connectivity index (χ0) is 28.0. The summed E-state index contributed by atoms with van der Waals surface area (Å²) in [5.41, 5.74) is -6.29. The SMILES string of the molecule is CC(=O)N1Cc2cc(S(=O)(=O)CCO)ccc2C1C(=O)Nc1ccc(C(O)(C(F)(F)F)C(F)(F)F)cc1. The molecule has 0 aromatic heterocycles. The number of sulfone groups is 1. The van der Waals surface area contributed by atoms with Gasteiger partial charge in [-0.25, -0.2) is 8.42 Å². The summed E-state index contributed by atoms with van der Waals surface area (Å²) in [5.74, 6) is -1.97. The van der Waals surface area contributed by atoms with Crippen molar-refractivity contribution in [3.8, 4) is 0 Å². The number of alkyl halides is 6. The van der Waals surface area contributed by atoms with E-state index in [1.54, 1.807) is 0 Å². The maximum Gasteiger partial charge on any atom is 0.430 e. The van der Waals surface area contributed by atoms with Crippen LogP contribution in [-0.4, -0.2) is 60.1 Å². The number of halogens is 6. The van der Waals surface area contributed by atoms with Crippen LogP contribution in [0.3, 0.4) is 0 Å². The van der Waals surface area contributed by atoms with Gasteiger partial charge in [0.15, 0.2) is 9.84 Å². The van der Waals surface area contributed by atoms with E-state index in [2.05, 4.69) is 5.32 Å². The van der Waals surface area contributed by atoms with Crippen molar-refractivity contribution >= 4 is 27.3 Å². The number of aliphatic hydroxyl groups is 2. The van der Waals surface area contributed by atoms with E-state index in [1.807, 2.05) is 0 Å². The second-order valence-corrected chi connectivity index (χ2v) is 10.3. The molecular weight excluding hydrogens is 534 g/mol. The molecule has 37 heavy (non-hydrogen) atoms. The summed E-state index contributed by atoms with van der Waals surface area (Å²) >= 11 is 0. The summed E-state index contributed by atoms with van der Waals surface area (Å²) in [4.78, 5) is 26.1. The molecule has 0 aliphatic carbocycles. The first kappa shape index (κ1) is 28.4. The van der Waals surface area contributed by atoms with E-state index in [-0.39, 0.29) is 22.7 Å². The Hall–Kier alpha value is -3.17. The lowest BCUT2D eigenvalue weighted by Crippen LogP contribution is -2.53. The predicted molar refractivity (Wildman–Crippen MR) is 116 cm³/mol. The lowest BCUT2D eigenvalue weighted by molar-refractivity contribution is -0.376. The van der Waals surface area contributed by atoms with Crippen molar-refractivity contribution in [3.05, 3.63) is 59.2 Å².